The van der Waals surface area contributed by atoms with Gasteiger partial charge in [-0.2, -0.15) is 13.2 Å². The van der Waals surface area contributed by atoms with Gasteiger partial charge in [-0.1, -0.05) is 19.1 Å². The van der Waals surface area contributed by atoms with Gasteiger partial charge >= 0.3 is 6.18 Å². The molecule has 33 heavy (non-hydrogen) atoms. The fourth-order valence-corrected chi connectivity index (χ4v) is 3.57. The molecule has 0 aromatic heterocycles. The summed E-state index contributed by atoms with van der Waals surface area (Å²) < 4.78 is 78.0. The molecule has 2 aromatic rings. The molecule has 1 amide bonds. The molecule has 0 radical (unpaired) electrons. The van der Waals surface area contributed by atoms with Crippen molar-refractivity contribution in [3.63, 3.8) is 0 Å². The number of nitrogens with one attached hydrogen (secondary N) is 3. The van der Waals surface area contributed by atoms with Crippen LogP contribution in [-0.2, 0) is 27.5 Å². The number of hydrogen-bond donors (Lipinski definition) is 3. The number of halogens is 4. The number of carbonyl (C=O) groups excluding carboxylic acids is 1. The normalized spacial score (nSPS) is 12.1. The molecule has 0 aliphatic carbocycles. The third-order valence-electron chi connectivity index (χ3n) is 4.46. The molecule has 0 saturated heterocycles. The van der Waals surface area contributed by atoms with Crippen molar-refractivity contribution in [2.75, 3.05) is 22.8 Å². The molecule has 11 heteroatoms. The minimum atomic E-state index is -4.48. The fourth-order valence-electron chi connectivity index (χ4n) is 2.94. The number of rotatable bonds is 9. The molecule has 3 N–H and O–H groups in total. The summed E-state index contributed by atoms with van der Waals surface area (Å²) in [5, 5.41) is 5.48. The van der Waals surface area contributed by atoms with E-state index >= 15 is 0 Å². The van der Waals surface area contributed by atoms with Gasteiger partial charge in [-0.05, 0) is 54.3 Å². The highest BCUT2D eigenvalue weighted by atomic mass is 32.2. The van der Waals surface area contributed by atoms with Crippen LogP contribution in [-0.4, -0.2) is 27.1 Å². The van der Waals surface area contributed by atoms with E-state index in [0.29, 0.717) is 29.7 Å². The van der Waals surface area contributed by atoms with E-state index in [-0.39, 0.29) is 17.9 Å². The number of anilines is 2. The monoisotopic (exact) mass is 487 g/mol. The van der Waals surface area contributed by atoms with E-state index in [1.54, 1.807) is 0 Å². The largest absolute Gasteiger partial charge is 0.416 e. The fraction of sp³-hybridized carbons (Fsp3) is 0.318. The van der Waals surface area contributed by atoms with Crippen LogP contribution in [0, 0.1) is 12.7 Å². The van der Waals surface area contributed by atoms with Crippen LogP contribution in [0.1, 0.15) is 35.6 Å². The quantitative estimate of drug-likeness (QED) is 0.354. The smallest absolute Gasteiger partial charge is 0.385 e. The average molecular weight is 488 g/mol. The maximum absolute atomic E-state index is 14.3. The Hall–Kier alpha value is -3.08. The van der Waals surface area contributed by atoms with E-state index in [1.165, 1.54) is 31.2 Å². The summed E-state index contributed by atoms with van der Waals surface area (Å²) in [5.41, 5.74) is 0.449. The van der Waals surface area contributed by atoms with Crippen LogP contribution in [0.15, 0.2) is 36.4 Å². The molecule has 0 fully saturated rings. The molecule has 0 saturated carbocycles. The number of amides is 1. The molecule has 0 aliphatic rings. The number of benzene rings is 2. The van der Waals surface area contributed by atoms with Gasteiger partial charge in [0.1, 0.15) is 5.82 Å². The number of carbonyl (C=O) groups is 1. The van der Waals surface area contributed by atoms with Crippen LogP contribution in [0.2, 0.25) is 0 Å². The molecule has 2 rings (SSSR count). The highest BCUT2D eigenvalue weighted by molar-refractivity contribution is 7.92. The minimum absolute atomic E-state index is 0.0337. The van der Waals surface area contributed by atoms with Gasteiger partial charge in [0.05, 0.1) is 17.5 Å². The zero-order chi connectivity index (χ0) is 24.8. The molecule has 2 aromatic carbocycles. The van der Waals surface area contributed by atoms with Gasteiger partial charge in [0.2, 0.25) is 15.9 Å². The van der Waals surface area contributed by atoms with Crippen LogP contribution in [0.25, 0.3) is 6.08 Å². The van der Waals surface area contributed by atoms with Gasteiger partial charge in [0.15, 0.2) is 0 Å². The summed E-state index contributed by atoms with van der Waals surface area (Å²) in [6, 6.07) is 5.84. The lowest BCUT2D eigenvalue weighted by Gasteiger charge is -2.13. The summed E-state index contributed by atoms with van der Waals surface area (Å²) in [4.78, 5) is 12.2. The molecule has 0 heterocycles. The average Bonchev–Trinajstić information content (AvgIpc) is 2.70. The highest BCUT2D eigenvalue weighted by Crippen LogP contribution is 2.32. The number of aryl methyl sites for hydroxylation is 1. The predicted octanol–water partition coefficient (Wildman–Crippen LogP) is 4.68. The highest BCUT2D eigenvalue weighted by Gasteiger charge is 2.30. The maximum atomic E-state index is 14.3. The zero-order valence-corrected chi connectivity index (χ0v) is 19.1. The maximum Gasteiger partial charge on any atom is 0.416 e. The SMILES string of the molecule is CCCNc1cc(C(F)(F)F)ccc1C=CC(=O)NCc1cc(C)c(NS(C)(=O)=O)c(F)c1. The second-order valence-corrected chi connectivity index (χ2v) is 9.17. The van der Waals surface area contributed by atoms with Crippen LogP contribution < -0.4 is 15.4 Å². The van der Waals surface area contributed by atoms with Crippen LogP contribution in [0.5, 0.6) is 0 Å². The van der Waals surface area contributed by atoms with Crippen molar-refractivity contribution in [3.05, 3.63) is 64.5 Å². The Bertz CT molecular complexity index is 1120. The third-order valence-corrected chi connectivity index (χ3v) is 5.04. The Kier molecular flexibility index (Phi) is 8.48. The summed E-state index contributed by atoms with van der Waals surface area (Å²) in [6.07, 6.45) is -0.316. The first-order chi connectivity index (χ1) is 15.3. The number of hydrogen-bond acceptors (Lipinski definition) is 4. The Morgan fingerprint density at radius 2 is 1.85 bits per heavy atom. The Morgan fingerprint density at radius 3 is 2.42 bits per heavy atom. The second kappa shape index (κ2) is 10.7. The molecule has 6 nitrogen and oxygen atoms in total. The van der Waals surface area contributed by atoms with Crippen molar-refractivity contribution < 1.29 is 30.8 Å². The van der Waals surface area contributed by atoms with E-state index in [1.807, 2.05) is 6.92 Å². The topological polar surface area (TPSA) is 87.3 Å². The zero-order valence-electron chi connectivity index (χ0n) is 18.3. The molecule has 180 valence electrons. The van der Waals surface area contributed by atoms with E-state index in [4.69, 9.17) is 0 Å². The van der Waals surface area contributed by atoms with Gasteiger partial charge in [0, 0.05) is 24.9 Å². The first-order valence-corrected chi connectivity index (χ1v) is 11.9. The van der Waals surface area contributed by atoms with Gasteiger partial charge < -0.3 is 10.6 Å². The van der Waals surface area contributed by atoms with Crippen molar-refractivity contribution in [3.8, 4) is 0 Å². The third kappa shape index (κ3) is 8.08. The van der Waals surface area contributed by atoms with Crippen molar-refractivity contribution in [2.24, 2.45) is 0 Å². The first kappa shape index (κ1) is 26.2. The lowest BCUT2D eigenvalue weighted by molar-refractivity contribution is -0.137. The van der Waals surface area contributed by atoms with Crippen molar-refractivity contribution in [1.82, 2.24) is 5.32 Å². The number of sulfonamides is 1. The summed E-state index contributed by atoms with van der Waals surface area (Å²) >= 11 is 0. The van der Waals surface area contributed by atoms with Gasteiger partial charge in [-0.15, -0.1) is 0 Å². The van der Waals surface area contributed by atoms with E-state index in [2.05, 4.69) is 15.4 Å². The minimum Gasteiger partial charge on any atom is -0.385 e. The lowest BCUT2D eigenvalue weighted by Crippen LogP contribution is -2.20. The van der Waals surface area contributed by atoms with Gasteiger partial charge in [0.25, 0.3) is 0 Å². The van der Waals surface area contributed by atoms with Crippen molar-refractivity contribution in [2.45, 2.75) is 33.0 Å². The first-order valence-electron chi connectivity index (χ1n) is 9.98. The van der Waals surface area contributed by atoms with Crippen LogP contribution in [0.3, 0.4) is 0 Å². The van der Waals surface area contributed by atoms with Crippen molar-refractivity contribution >= 4 is 33.4 Å². The summed E-state index contributed by atoms with van der Waals surface area (Å²) in [7, 11) is -3.65. The summed E-state index contributed by atoms with van der Waals surface area (Å²) in [6.45, 7) is 3.83. The van der Waals surface area contributed by atoms with Gasteiger partial charge in [-0.25, -0.2) is 12.8 Å². The Balaban J connectivity index is 2.11. The molecule has 0 unspecified atom stereocenters. The van der Waals surface area contributed by atoms with Crippen LogP contribution >= 0.6 is 0 Å². The molecule has 0 spiro atoms. The van der Waals surface area contributed by atoms with E-state index in [0.717, 1.165) is 24.5 Å². The standard InChI is InChI=1S/C22H25F4N3O3S/c1-4-9-27-19-12-17(22(24,25)26)7-5-16(19)6-8-20(30)28-13-15-10-14(2)21(18(23)11-15)29-33(3,31)32/h5-8,10-12,27,29H,4,9,13H2,1-3H3,(H,28,30). The predicted molar refractivity (Wildman–Crippen MR) is 121 cm³/mol. The van der Waals surface area contributed by atoms with Gasteiger partial charge in [-0.3, -0.25) is 9.52 Å². The molecule has 0 atom stereocenters. The summed E-state index contributed by atoms with van der Waals surface area (Å²) in [5.74, 6) is -1.32. The Labute approximate surface area is 190 Å². The molecular formula is C22H25F4N3O3S. The van der Waals surface area contributed by atoms with Crippen molar-refractivity contribution in [1.29, 1.82) is 0 Å². The van der Waals surface area contributed by atoms with E-state index in [9.17, 15) is 30.8 Å². The van der Waals surface area contributed by atoms with Crippen LogP contribution in [0.4, 0.5) is 28.9 Å². The molecule has 0 aliphatic heterocycles. The lowest BCUT2D eigenvalue weighted by atomic mass is 10.1. The van der Waals surface area contributed by atoms with E-state index < -0.39 is 33.5 Å². The second-order valence-electron chi connectivity index (χ2n) is 7.42. The molecular weight excluding hydrogens is 462 g/mol. The Morgan fingerprint density at radius 1 is 1.15 bits per heavy atom. The molecule has 0 bridgehead atoms. The number of alkyl halides is 3.